The Morgan fingerprint density at radius 1 is 1.33 bits per heavy atom. The molecule has 4 rings (SSSR count). The van der Waals surface area contributed by atoms with E-state index in [2.05, 4.69) is 20.3 Å². The number of carbonyl (C=O) groups is 1. The maximum atomic E-state index is 14.2. The molecule has 1 amide bonds. The van der Waals surface area contributed by atoms with E-state index >= 15 is 0 Å². The number of rotatable bonds is 5. The van der Waals surface area contributed by atoms with Gasteiger partial charge in [0.1, 0.15) is 27.3 Å². The highest BCUT2D eigenvalue weighted by atomic mass is 32.1. The molecule has 2 atom stereocenters. The van der Waals surface area contributed by atoms with Crippen LogP contribution in [-0.2, 0) is 11.8 Å². The number of thiazole rings is 1. The summed E-state index contributed by atoms with van der Waals surface area (Å²) in [6.45, 7) is 1.25. The van der Waals surface area contributed by atoms with Crippen molar-refractivity contribution in [1.82, 2.24) is 14.8 Å². The molecule has 0 radical (unpaired) electrons. The third-order valence-corrected chi connectivity index (χ3v) is 6.50. The predicted molar refractivity (Wildman–Crippen MR) is 123 cm³/mol. The van der Waals surface area contributed by atoms with E-state index in [0.717, 1.165) is 36.3 Å². The second-order valence-electron chi connectivity index (χ2n) is 7.88. The molecular formula is C21H25F2N7O2S. The van der Waals surface area contributed by atoms with Crippen LogP contribution in [0.25, 0.3) is 10.6 Å². The highest BCUT2D eigenvalue weighted by Gasteiger charge is 2.28. The van der Waals surface area contributed by atoms with Gasteiger partial charge in [-0.2, -0.15) is 5.10 Å². The van der Waals surface area contributed by atoms with Crippen molar-refractivity contribution in [3.05, 3.63) is 41.7 Å². The highest BCUT2D eigenvalue weighted by molar-refractivity contribution is 7.19. The summed E-state index contributed by atoms with van der Waals surface area (Å²) >= 11 is 0.843. The molecule has 0 unspecified atom stereocenters. The van der Waals surface area contributed by atoms with E-state index in [4.69, 9.17) is 16.2 Å². The second kappa shape index (κ2) is 9.41. The zero-order valence-corrected chi connectivity index (χ0v) is 19.0. The van der Waals surface area contributed by atoms with Gasteiger partial charge < -0.3 is 26.4 Å². The summed E-state index contributed by atoms with van der Waals surface area (Å²) in [4.78, 5) is 19.2. The zero-order valence-electron chi connectivity index (χ0n) is 18.2. The number of amides is 1. The fraction of sp³-hybridized carbons (Fsp3) is 0.381. The van der Waals surface area contributed by atoms with Crippen LogP contribution in [0.3, 0.4) is 0 Å². The van der Waals surface area contributed by atoms with Gasteiger partial charge in [0.15, 0.2) is 11.5 Å². The van der Waals surface area contributed by atoms with Gasteiger partial charge in [0.25, 0.3) is 5.91 Å². The molecule has 12 heteroatoms. The molecule has 0 aliphatic carbocycles. The van der Waals surface area contributed by atoms with Crippen LogP contribution in [0.4, 0.5) is 25.3 Å². The van der Waals surface area contributed by atoms with Crippen molar-refractivity contribution in [3.63, 3.8) is 0 Å². The minimum absolute atomic E-state index is 0.0101. The van der Waals surface area contributed by atoms with E-state index in [1.54, 1.807) is 18.8 Å². The smallest absolute Gasteiger partial charge is 0.277 e. The standard InChI is InChI=1S/C21H25F2N7O2S/c1-29-21(30-7-6-11(24)8-12(10-30)32-2)15(9-26-29)27-19(31)17-18(25)33-20(28-17)16-13(22)4-3-5-14(16)23/h3-5,9,11-12H,6-8,10,24-25H2,1-2H3,(H,27,31)/t11-,12+/m1/s1. The first-order valence-corrected chi connectivity index (χ1v) is 11.2. The van der Waals surface area contributed by atoms with Gasteiger partial charge in [0.2, 0.25) is 0 Å². The lowest BCUT2D eigenvalue weighted by atomic mass is 10.1. The van der Waals surface area contributed by atoms with Crippen molar-refractivity contribution in [2.45, 2.75) is 25.0 Å². The van der Waals surface area contributed by atoms with Crippen molar-refractivity contribution in [2.75, 3.05) is 36.1 Å². The largest absolute Gasteiger partial charge is 0.389 e. The Morgan fingerprint density at radius 3 is 2.76 bits per heavy atom. The zero-order chi connectivity index (χ0) is 23.7. The first-order valence-electron chi connectivity index (χ1n) is 10.4. The number of aromatic nitrogens is 3. The summed E-state index contributed by atoms with van der Waals surface area (Å²) in [5, 5.41) is 7.10. The third kappa shape index (κ3) is 4.68. The van der Waals surface area contributed by atoms with E-state index < -0.39 is 17.5 Å². The summed E-state index contributed by atoms with van der Waals surface area (Å²) in [6, 6.07) is 3.51. The maximum absolute atomic E-state index is 14.2. The summed E-state index contributed by atoms with van der Waals surface area (Å²) in [6.07, 6.45) is 2.96. The van der Waals surface area contributed by atoms with Crippen molar-refractivity contribution in [3.8, 4) is 10.6 Å². The molecule has 1 aromatic carbocycles. The molecule has 1 saturated heterocycles. The minimum Gasteiger partial charge on any atom is -0.389 e. The molecule has 5 N–H and O–H groups in total. The lowest BCUT2D eigenvalue weighted by Crippen LogP contribution is -2.34. The van der Waals surface area contributed by atoms with Gasteiger partial charge in [-0.1, -0.05) is 17.4 Å². The van der Waals surface area contributed by atoms with Crippen molar-refractivity contribution >= 4 is 33.8 Å². The van der Waals surface area contributed by atoms with E-state index in [0.29, 0.717) is 24.6 Å². The molecule has 9 nitrogen and oxygen atoms in total. The minimum atomic E-state index is -0.780. The summed E-state index contributed by atoms with van der Waals surface area (Å²) in [5.74, 6) is -1.47. The molecule has 1 aliphatic rings. The van der Waals surface area contributed by atoms with Gasteiger partial charge in [0.05, 0.1) is 17.9 Å². The average Bonchev–Trinajstić information content (AvgIpc) is 3.26. The molecular weight excluding hydrogens is 452 g/mol. The summed E-state index contributed by atoms with van der Waals surface area (Å²) in [7, 11) is 3.42. The Kier molecular flexibility index (Phi) is 6.58. The number of anilines is 3. The lowest BCUT2D eigenvalue weighted by molar-refractivity contribution is 0.0992. The average molecular weight is 478 g/mol. The molecule has 2 aromatic heterocycles. The van der Waals surface area contributed by atoms with Crippen LogP contribution in [0, 0.1) is 11.6 Å². The lowest BCUT2D eigenvalue weighted by Gasteiger charge is -2.26. The first-order chi connectivity index (χ1) is 15.8. The number of hydrogen-bond acceptors (Lipinski definition) is 8. The molecule has 3 aromatic rings. The molecule has 1 aliphatic heterocycles. The fourth-order valence-electron chi connectivity index (χ4n) is 3.93. The van der Waals surface area contributed by atoms with Crippen LogP contribution in [-0.4, -0.2) is 53.0 Å². The van der Waals surface area contributed by atoms with Crippen LogP contribution < -0.4 is 21.7 Å². The number of benzene rings is 1. The Labute approximate surface area is 193 Å². The Morgan fingerprint density at radius 2 is 2.06 bits per heavy atom. The summed E-state index contributed by atoms with van der Waals surface area (Å²) < 4.78 is 35.5. The number of nitrogens with one attached hydrogen (secondary N) is 1. The van der Waals surface area contributed by atoms with Crippen molar-refractivity contribution in [2.24, 2.45) is 12.8 Å². The number of nitrogen functional groups attached to an aromatic ring is 1. The number of ether oxygens (including phenoxy) is 1. The first kappa shape index (κ1) is 23.1. The van der Waals surface area contributed by atoms with Crippen LogP contribution in [0.2, 0.25) is 0 Å². The van der Waals surface area contributed by atoms with Gasteiger partial charge in [-0.3, -0.25) is 9.48 Å². The number of aryl methyl sites for hydroxylation is 1. The van der Waals surface area contributed by atoms with E-state index in [1.165, 1.54) is 12.3 Å². The highest BCUT2D eigenvalue weighted by Crippen LogP contribution is 2.34. The number of carbonyl (C=O) groups excluding carboxylic acids is 1. The molecule has 0 saturated carbocycles. The molecule has 3 heterocycles. The number of halogens is 2. The van der Waals surface area contributed by atoms with E-state index in [1.807, 2.05) is 0 Å². The number of hydrogen-bond donors (Lipinski definition) is 3. The fourth-order valence-corrected chi connectivity index (χ4v) is 4.81. The molecule has 176 valence electrons. The van der Waals surface area contributed by atoms with Crippen LogP contribution >= 0.6 is 11.3 Å². The van der Waals surface area contributed by atoms with E-state index in [9.17, 15) is 13.6 Å². The van der Waals surface area contributed by atoms with Crippen LogP contribution in [0.15, 0.2) is 24.4 Å². The molecule has 1 fully saturated rings. The quantitative estimate of drug-likeness (QED) is 0.516. The van der Waals surface area contributed by atoms with E-state index in [-0.39, 0.29) is 33.4 Å². The second-order valence-corrected chi connectivity index (χ2v) is 8.91. The van der Waals surface area contributed by atoms with Crippen LogP contribution in [0.5, 0.6) is 0 Å². The van der Waals surface area contributed by atoms with Gasteiger partial charge in [-0.15, -0.1) is 0 Å². The van der Waals surface area contributed by atoms with Crippen LogP contribution in [0.1, 0.15) is 23.3 Å². The van der Waals surface area contributed by atoms with Crippen molar-refractivity contribution in [1.29, 1.82) is 0 Å². The normalized spacial score (nSPS) is 18.9. The number of nitrogens with zero attached hydrogens (tertiary/aromatic N) is 4. The molecule has 33 heavy (non-hydrogen) atoms. The predicted octanol–water partition coefficient (Wildman–Crippen LogP) is 2.60. The Bertz CT molecular complexity index is 1150. The van der Waals surface area contributed by atoms with Crippen molar-refractivity contribution < 1.29 is 18.3 Å². The Balaban J connectivity index is 1.60. The van der Waals surface area contributed by atoms with Gasteiger partial charge in [-0.05, 0) is 25.0 Å². The maximum Gasteiger partial charge on any atom is 0.277 e. The molecule has 0 spiro atoms. The number of nitrogens with two attached hydrogens (primary N) is 2. The third-order valence-electron chi connectivity index (χ3n) is 5.59. The Hall–Kier alpha value is -3.09. The van der Waals surface area contributed by atoms with Gasteiger partial charge >= 0.3 is 0 Å². The van der Waals surface area contributed by atoms with Gasteiger partial charge in [-0.25, -0.2) is 13.8 Å². The van der Waals surface area contributed by atoms with Gasteiger partial charge in [0, 0.05) is 33.3 Å². The molecule has 0 bridgehead atoms. The number of methoxy groups -OCH3 is 1. The SMILES string of the molecule is CO[C@H]1C[C@H](N)CCN(c2c(NC(=O)c3nc(-c4c(F)cccc4F)sc3N)cnn2C)C1. The monoisotopic (exact) mass is 477 g/mol. The topological polar surface area (TPSA) is 124 Å². The summed E-state index contributed by atoms with van der Waals surface area (Å²) in [5.41, 5.74) is 12.2.